The molecule has 0 aliphatic carbocycles. The highest BCUT2D eigenvalue weighted by Crippen LogP contribution is 2.24. The highest BCUT2D eigenvalue weighted by Gasteiger charge is 2.16. The van der Waals surface area contributed by atoms with Crippen LogP contribution in [0.15, 0.2) is 57.9 Å². The molecule has 26 heavy (non-hydrogen) atoms. The Morgan fingerprint density at radius 1 is 1.27 bits per heavy atom. The van der Waals surface area contributed by atoms with Gasteiger partial charge in [-0.2, -0.15) is 4.98 Å². The van der Waals surface area contributed by atoms with E-state index in [2.05, 4.69) is 15.5 Å². The van der Waals surface area contributed by atoms with Gasteiger partial charge in [0.2, 0.25) is 17.6 Å². The van der Waals surface area contributed by atoms with E-state index in [1.807, 2.05) is 50.2 Å². The van der Waals surface area contributed by atoms with Crippen LogP contribution in [0.4, 0.5) is 0 Å². The molecule has 0 spiro atoms. The molecule has 0 bridgehead atoms. The largest absolute Gasteiger partial charge is 0.346 e. The van der Waals surface area contributed by atoms with Crippen molar-refractivity contribution in [3.63, 3.8) is 0 Å². The van der Waals surface area contributed by atoms with Gasteiger partial charge in [0.1, 0.15) is 0 Å². The fraction of sp³-hybridized carbons (Fsp3) is 0.211. The first kappa shape index (κ1) is 18.5. The number of amides is 1. The summed E-state index contributed by atoms with van der Waals surface area (Å²) in [5, 5.41) is 7.21. The summed E-state index contributed by atoms with van der Waals surface area (Å²) in [6.07, 6.45) is 0. The Morgan fingerprint density at radius 2 is 2.04 bits per heavy atom. The topological polar surface area (TPSA) is 68.0 Å². The summed E-state index contributed by atoms with van der Waals surface area (Å²) in [4.78, 5) is 17.6. The maximum atomic E-state index is 12.3. The first-order chi connectivity index (χ1) is 12.5. The lowest BCUT2D eigenvalue weighted by molar-refractivity contribution is -0.120. The molecule has 0 radical (unpaired) electrons. The summed E-state index contributed by atoms with van der Waals surface area (Å²) in [7, 11) is 0. The van der Waals surface area contributed by atoms with Crippen molar-refractivity contribution in [1.82, 2.24) is 15.5 Å². The molecule has 1 heterocycles. The number of halogens is 1. The first-order valence-electron chi connectivity index (χ1n) is 8.11. The number of nitrogens with zero attached hydrogens (tertiary/aromatic N) is 2. The van der Waals surface area contributed by atoms with E-state index in [1.165, 1.54) is 11.8 Å². The van der Waals surface area contributed by atoms with Crippen molar-refractivity contribution in [1.29, 1.82) is 0 Å². The van der Waals surface area contributed by atoms with E-state index in [-0.39, 0.29) is 17.7 Å². The average Bonchev–Trinajstić information content (AvgIpc) is 3.10. The van der Waals surface area contributed by atoms with Crippen molar-refractivity contribution in [2.24, 2.45) is 0 Å². The quantitative estimate of drug-likeness (QED) is 0.631. The maximum absolute atomic E-state index is 12.3. The summed E-state index contributed by atoms with van der Waals surface area (Å²) in [5.74, 6) is 0.792. The maximum Gasteiger partial charge on any atom is 0.246 e. The van der Waals surface area contributed by atoms with Gasteiger partial charge < -0.3 is 9.84 Å². The Labute approximate surface area is 161 Å². The lowest BCUT2D eigenvalue weighted by Gasteiger charge is -2.10. The fourth-order valence-electron chi connectivity index (χ4n) is 2.31. The predicted octanol–water partition coefficient (Wildman–Crippen LogP) is 4.50. The van der Waals surface area contributed by atoms with E-state index in [9.17, 15) is 4.79 Å². The van der Waals surface area contributed by atoms with E-state index in [1.54, 1.807) is 12.1 Å². The van der Waals surface area contributed by atoms with Crippen LogP contribution >= 0.6 is 23.4 Å². The number of aromatic nitrogens is 2. The minimum absolute atomic E-state index is 0.0970. The molecule has 1 atom stereocenters. The summed E-state index contributed by atoms with van der Waals surface area (Å²) in [6, 6.07) is 15.2. The predicted molar refractivity (Wildman–Crippen MR) is 103 cm³/mol. The minimum Gasteiger partial charge on any atom is -0.346 e. The zero-order valence-corrected chi connectivity index (χ0v) is 16.0. The smallest absolute Gasteiger partial charge is 0.246 e. The summed E-state index contributed by atoms with van der Waals surface area (Å²) in [6.45, 7) is 4.05. The third-order valence-electron chi connectivity index (χ3n) is 3.65. The van der Waals surface area contributed by atoms with Crippen LogP contribution in [0.25, 0.3) is 11.4 Å². The SMILES string of the molecule is Cc1cccc(-c2noc(CNC(=O)[C@@H](C)Sc3ccc(Cl)cc3)n2)c1. The Balaban J connectivity index is 1.55. The van der Waals surface area contributed by atoms with Gasteiger partial charge in [0.15, 0.2) is 0 Å². The van der Waals surface area contributed by atoms with Crippen LogP contribution in [-0.4, -0.2) is 21.3 Å². The van der Waals surface area contributed by atoms with Crippen LogP contribution in [0.1, 0.15) is 18.4 Å². The van der Waals surface area contributed by atoms with Crippen molar-refractivity contribution in [2.75, 3.05) is 0 Å². The number of aryl methyl sites for hydroxylation is 1. The molecule has 0 aliphatic heterocycles. The highest BCUT2D eigenvalue weighted by molar-refractivity contribution is 8.00. The van der Waals surface area contributed by atoms with Crippen LogP contribution in [0.2, 0.25) is 5.02 Å². The van der Waals surface area contributed by atoms with Gasteiger partial charge in [-0.3, -0.25) is 4.79 Å². The van der Waals surface area contributed by atoms with Gasteiger partial charge in [0.25, 0.3) is 0 Å². The van der Waals surface area contributed by atoms with Gasteiger partial charge in [-0.05, 0) is 44.2 Å². The minimum atomic E-state index is -0.254. The lowest BCUT2D eigenvalue weighted by Crippen LogP contribution is -2.30. The molecule has 1 aromatic heterocycles. The van der Waals surface area contributed by atoms with E-state index in [4.69, 9.17) is 16.1 Å². The van der Waals surface area contributed by atoms with Gasteiger partial charge in [0.05, 0.1) is 11.8 Å². The number of carbonyl (C=O) groups is 1. The highest BCUT2D eigenvalue weighted by atomic mass is 35.5. The molecule has 2 aromatic carbocycles. The van der Waals surface area contributed by atoms with E-state index in [0.717, 1.165) is 16.0 Å². The van der Waals surface area contributed by atoms with Gasteiger partial charge in [-0.25, -0.2) is 0 Å². The first-order valence-corrected chi connectivity index (χ1v) is 9.36. The number of benzene rings is 2. The van der Waals surface area contributed by atoms with E-state index < -0.39 is 0 Å². The summed E-state index contributed by atoms with van der Waals surface area (Å²) >= 11 is 7.33. The molecule has 3 aromatic rings. The number of hydrogen-bond acceptors (Lipinski definition) is 5. The fourth-order valence-corrected chi connectivity index (χ4v) is 3.32. The lowest BCUT2D eigenvalue weighted by atomic mass is 10.1. The molecule has 0 aliphatic rings. The molecular weight excluding hydrogens is 370 g/mol. The Morgan fingerprint density at radius 3 is 2.77 bits per heavy atom. The molecular formula is C19H18ClN3O2S. The summed E-state index contributed by atoms with van der Waals surface area (Å²) in [5.41, 5.74) is 2.01. The number of carbonyl (C=O) groups excluding carboxylic acids is 1. The van der Waals surface area contributed by atoms with Crippen molar-refractivity contribution in [2.45, 2.75) is 30.5 Å². The molecule has 0 unspecified atom stereocenters. The van der Waals surface area contributed by atoms with Gasteiger partial charge in [-0.1, -0.05) is 40.5 Å². The second-order valence-corrected chi connectivity index (χ2v) is 7.66. The van der Waals surface area contributed by atoms with Crippen molar-refractivity contribution in [3.05, 3.63) is 65.0 Å². The summed E-state index contributed by atoms with van der Waals surface area (Å²) < 4.78 is 5.22. The second-order valence-electron chi connectivity index (χ2n) is 5.81. The van der Waals surface area contributed by atoms with Gasteiger partial charge >= 0.3 is 0 Å². The van der Waals surface area contributed by atoms with Crippen LogP contribution in [0.3, 0.4) is 0 Å². The third kappa shape index (κ3) is 4.86. The molecule has 0 saturated heterocycles. The number of nitrogens with one attached hydrogen (secondary N) is 1. The molecule has 1 N–H and O–H groups in total. The van der Waals surface area contributed by atoms with Crippen molar-refractivity contribution < 1.29 is 9.32 Å². The molecule has 3 rings (SSSR count). The van der Waals surface area contributed by atoms with Gasteiger partial charge in [0, 0.05) is 15.5 Å². The van der Waals surface area contributed by atoms with Crippen LogP contribution in [-0.2, 0) is 11.3 Å². The van der Waals surface area contributed by atoms with Crippen molar-refractivity contribution in [3.8, 4) is 11.4 Å². The normalized spacial score (nSPS) is 12.0. The Kier molecular flexibility index (Phi) is 5.96. The molecule has 134 valence electrons. The van der Waals surface area contributed by atoms with Crippen LogP contribution in [0.5, 0.6) is 0 Å². The molecule has 0 saturated carbocycles. The zero-order valence-electron chi connectivity index (χ0n) is 14.4. The molecule has 5 nitrogen and oxygen atoms in total. The number of rotatable bonds is 6. The molecule has 1 amide bonds. The average molecular weight is 388 g/mol. The monoisotopic (exact) mass is 387 g/mol. The third-order valence-corrected chi connectivity index (χ3v) is 5.02. The van der Waals surface area contributed by atoms with E-state index in [0.29, 0.717) is 16.7 Å². The van der Waals surface area contributed by atoms with E-state index >= 15 is 0 Å². The van der Waals surface area contributed by atoms with Gasteiger partial charge in [-0.15, -0.1) is 11.8 Å². The Hall–Kier alpha value is -2.31. The number of hydrogen-bond donors (Lipinski definition) is 1. The zero-order chi connectivity index (χ0) is 18.5. The second kappa shape index (κ2) is 8.38. The number of thioether (sulfide) groups is 1. The molecule has 0 fully saturated rings. The van der Waals surface area contributed by atoms with Crippen molar-refractivity contribution >= 4 is 29.3 Å². The van der Waals surface area contributed by atoms with Crippen LogP contribution < -0.4 is 5.32 Å². The molecule has 7 heteroatoms. The Bertz CT molecular complexity index is 896. The standard InChI is InChI=1S/C19H18ClN3O2S/c1-12-4-3-5-14(10-12)18-22-17(25-23-18)11-21-19(24)13(2)26-16-8-6-15(20)7-9-16/h3-10,13H,11H2,1-2H3,(H,21,24)/t13-/m1/s1. The van der Waals surface area contributed by atoms with Crippen LogP contribution in [0, 0.1) is 6.92 Å².